The normalized spacial score (nSPS) is 14.2. The molecule has 0 spiro atoms. The van der Waals surface area contributed by atoms with E-state index in [1.54, 1.807) is 32.7 Å². The minimum absolute atomic E-state index is 0.196. The maximum atomic E-state index is 12.5. The van der Waals surface area contributed by atoms with Gasteiger partial charge in [-0.25, -0.2) is 19.2 Å². The van der Waals surface area contributed by atoms with E-state index in [0.717, 1.165) is 37.8 Å². The standard InChI is InChI=1S/C27H46N2O8/c1-10-22(30)34-20(3)18-27(8,19-21(4)35-23(31)11-2)36-24(32)28-16-14-12-13-15-17-29(9)25(33)37-26(5,6)7/h10-11,20-21H,1-2,12-19H2,3-9H3,(H,28,32). The van der Waals surface area contributed by atoms with Crippen LogP contribution in [-0.4, -0.2) is 72.6 Å². The molecule has 1 N–H and O–H groups in total. The summed E-state index contributed by atoms with van der Waals surface area (Å²) in [5.74, 6) is -1.16. The van der Waals surface area contributed by atoms with Crippen molar-refractivity contribution in [2.75, 3.05) is 20.1 Å². The lowest BCUT2D eigenvalue weighted by Crippen LogP contribution is -2.42. The second-order valence-electron chi connectivity index (χ2n) is 10.4. The van der Waals surface area contributed by atoms with Gasteiger partial charge in [0.2, 0.25) is 0 Å². The molecule has 0 radical (unpaired) electrons. The summed E-state index contributed by atoms with van der Waals surface area (Å²) in [6.45, 7) is 18.3. The predicted molar refractivity (Wildman–Crippen MR) is 141 cm³/mol. The SMILES string of the molecule is C=CC(=O)OC(C)CC(C)(CC(C)OC(=O)C=C)OC(=O)NCCCCCCN(C)C(=O)OC(C)(C)C. The molecule has 37 heavy (non-hydrogen) atoms. The highest BCUT2D eigenvalue weighted by Gasteiger charge is 2.35. The average molecular weight is 527 g/mol. The first-order chi connectivity index (χ1) is 17.1. The third-order valence-corrected chi connectivity index (χ3v) is 5.14. The summed E-state index contributed by atoms with van der Waals surface area (Å²) >= 11 is 0. The van der Waals surface area contributed by atoms with Gasteiger partial charge in [-0.2, -0.15) is 0 Å². The summed E-state index contributed by atoms with van der Waals surface area (Å²) in [6, 6.07) is 0. The molecule has 0 aromatic heterocycles. The largest absolute Gasteiger partial charge is 0.459 e. The molecule has 10 heteroatoms. The molecular weight excluding hydrogens is 480 g/mol. The topological polar surface area (TPSA) is 120 Å². The number of nitrogens with zero attached hydrogens (tertiary/aromatic N) is 1. The molecule has 0 aliphatic heterocycles. The molecule has 0 bridgehead atoms. The molecule has 2 atom stereocenters. The first-order valence-electron chi connectivity index (χ1n) is 12.7. The van der Waals surface area contributed by atoms with Crippen molar-refractivity contribution in [2.24, 2.45) is 0 Å². The average Bonchev–Trinajstić information content (AvgIpc) is 2.75. The molecule has 0 saturated heterocycles. The Bertz CT molecular complexity index is 745. The van der Waals surface area contributed by atoms with Gasteiger partial charge in [0.15, 0.2) is 0 Å². The highest BCUT2D eigenvalue weighted by atomic mass is 16.6. The van der Waals surface area contributed by atoms with Crippen LogP contribution in [0.2, 0.25) is 0 Å². The zero-order chi connectivity index (χ0) is 28.6. The van der Waals surface area contributed by atoms with Crippen molar-refractivity contribution in [1.82, 2.24) is 10.2 Å². The molecule has 0 saturated carbocycles. The minimum atomic E-state index is -1.07. The van der Waals surface area contributed by atoms with E-state index in [1.165, 1.54) is 0 Å². The molecule has 0 aromatic carbocycles. The van der Waals surface area contributed by atoms with E-state index >= 15 is 0 Å². The van der Waals surface area contributed by atoms with Gasteiger partial charge in [0, 0.05) is 45.1 Å². The number of hydrogen-bond donors (Lipinski definition) is 1. The number of carbonyl (C=O) groups excluding carboxylic acids is 4. The fraction of sp³-hybridized carbons (Fsp3) is 0.704. The zero-order valence-corrected chi connectivity index (χ0v) is 23.6. The van der Waals surface area contributed by atoms with Crippen LogP contribution >= 0.6 is 0 Å². The summed E-state index contributed by atoms with van der Waals surface area (Å²) in [5, 5.41) is 2.74. The van der Waals surface area contributed by atoms with Crippen LogP contribution in [0.3, 0.4) is 0 Å². The monoisotopic (exact) mass is 526 g/mol. The molecule has 2 unspecified atom stereocenters. The van der Waals surface area contributed by atoms with Crippen molar-refractivity contribution in [3.8, 4) is 0 Å². The Morgan fingerprint density at radius 3 is 1.78 bits per heavy atom. The van der Waals surface area contributed by atoms with E-state index in [0.29, 0.717) is 13.1 Å². The molecular formula is C27H46N2O8. The number of rotatable bonds is 16. The fourth-order valence-corrected chi connectivity index (χ4v) is 3.67. The molecule has 10 nitrogen and oxygen atoms in total. The summed E-state index contributed by atoms with van der Waals surface area (Å²) in [6.07, 6.45) is 3.73. The number of esters is 2. The smallest absolute Gasteiger partial charge is 0.410 e. The lowest BCUT2D eigenvalue weighted by atomic mass is 9.92. The molecule has 0 aliphatic carbocycles. The molecule has 0 aliphatic rings. The van der Waals surface area contributed by atoms with Crippen LogP contribution in [0, 0.1) is 0 Å². The number of hydrogen-bond acceptors (Lipinski definition) is 8. The second-order valence-corrected chi connectivity index (χ2v) is 10.4. The number of carbonyl (C=O) groups is 4. The maximum absolute atomic E-state index is 12.5. The second kappa shape index (κ2) is 16.7. The highest BCUT2D eigenvalue weighted by Crippen LogP contribution is 2.27. The number of amides is 2. The van der Waals surface area contributed by atoms with Crippen molar-refractivity contribution in [3.63, 3.8) is 0 Å². The van der Waals surface area contributed by atoms with E-state index in [9.17, 15) is 19.2 Å². The van der Waals surface area contributed by atoms with Gasteiger partial charge in [0.1, 0.15) is 23.4 Å². The first kappa shape index (κ1) is 34.0. The van der Waals surface area contributed by atoms with Crippen LogP contribution in [-0.2, 0) is 28.5 Å². The Kier molecular flexibility index (Phi) is 15.3. The quantitative estimate of drug-likeness (QED) is 0.130. The summed E-state index contributed by atoms with van der Waals surface area (Å²) < 4.78 is 21.5. The van der Waals surface area contributed by atoms with Crippen LogP contribution in [0.25, 0.3) is 0 Å². The summed E-state index contributed by atoms with van der Waals surface area (Å²) in [4.78, 5) is 49.1. The Balaban J connectivity index is 4.62. The van der Waals surface area contributed by atoms with Crippen LogP contribution in [0.4, 0.5) is 9.59 Å². The minimum Gasteiger partial charge on any atom is -0.459 e. The third kappa shape index (κ3) is 17.1. The van der Waals surface area contributed by atoms with Crippen molar-refractivity contribution >= 4 is 24.1 Å². The van der Waals surface area contributed by atoms with Crippen molar-refractivity contribution in [1.29, 1.82) is 0 Å². The van der Waals surface area contributed by atoms with Crippen molar-refractivity contribution < 1.29 is 38.1 Å². The van der Waals surface area contributed by atoms with E-state index in [1.807, 2.05) is 20.8 Å². The zero-order valence-electron chi connectivity index (χ0n) is 23.6. The van der Waals surface area contributed by atoms with Crippen LogP contribution in [0.15, 0.2) is 25.3 Å². The van der Waals surface area contributed by atoms with Gasteiger partial charge < -0.3 is 29.2 Å². The molecule has 0 fully saturated rings. The molecule has 0 aromatic rings. The predicted octanol–water partition coefficient (Wildman–Crippen LogP) is 4.91. The van der Waals surface area contributed by atoms with Gasteiger partial charge in [-0.05, 0) is 54.4 Å². The van der Waals surface area contributed by atoms with Gasteiger partial charge in [0.25, 0.3) is 0 Å². The van der Waals surface area contributed by atoms with E-state index in [-0.39, 0.29) is 18.9 Å². The van der Waals surface area contributed by atoms with Crippen LogP contribution in [0.5, 0.6) is 0 Å². The Morgan fingerprint density at radius 1 is 0.838 bits per heavy atom. The number of ether oxygens (including phenoxy) is 4. The fourth-order valence-electron chi connectivity index (χ4n) is 3.67. The van der Waals surface area contributed by atoms with Gasteiger partial charge in [-0.1, -0.05) is 26.0 Å². The van der Waals surface area contributed by atoms with Gasteiger partial charge in [-0.3, -0.25) is 0 Å². The van der Waals surface area contributed by atoms with Gasteiger partial charge in [-0.15, -0.1) is 0 Å². The van der Waals surface area contributed by atoms with E-state index in [2.05, 4.69) is 18.5 Å². The van der Waals surface area contributed by atoms with E-state index in [4.69, 9.17) is 18.9 Å². The molecule has 2 amide bonds. The van der Waals surface area contributed by atoms with Gasteiger partial charge >= 0.3 is 24.1 Å². The number of nitrogens with one attached hydrogen (secondary N) is 1. The summed E-state index contributed by atoms with van der Waals surface area (Å²) in [5.41, 5.74) is -1.60. The summed E-state index contributed by atoms with van der Waals surface area (Å²) in [7, 11) is 1.71. The molecule has 0 rings (SSSR count). The highest BCUT2D eigenvalue weighted by molar-refractivity contribution is 5.81. The lowest BCUT2D eigenvalue weighted by Gasteiger charge is -2.33. The Morgan fingerprint density at radius 2 is 1.32 bits per heavy atom. The van der Waals surface area contributed by atoms with Crippen molar-refractivity contribution in [2.45, 2.75) is 103 Å². The Hall–Kier alpha value is -3.04. The van der Waals surface area contributed by atoms with E-state index < -0.39 is 41.4 Å². The third-order valence-electron chi connectivity index (χ3n) is 5.14. The molecule has 0 heterocycles. The van der Waals surface area contributed by atoms with Crippen molar-refractivity contribution in [3.05, 3.63) is 25.3 Å². The molecule has 212 valence electrons. The van der Waals surface area contributed by atoms with Crippen LogP contribution in [0.1, 0.15) is 80.1 Å². The first-order valence-corrected chi connectivity index (χ1v) is 12.7. The van der Waals surface area contributed by atoms with Gasteiger partial charge in [0.05, 0.1) is 0 Å². The Labute approximate surface area is 221 Å². The number of unbranched alkanes of at least 4 members (excludes halogenated alkanes) is 3. The van der Waals surface area contributed by atoms with Crippen LogP contribution < -0.4 is 5.32 Å². The maximum Gasteiger partial charge on any atom is 0.410 e. The lowest BCUT2D eigenvalue weighted by molar-refractivity contribution is -0.147. The number of alkyl carbamates (subject to hydrolysis) is 1.